The molecule has 0 aliphatic rings. The molecule has 0 bridgehead atoms. The minimum Gasteiger partial charge on any atom is -0.394 e. The van der Waals surface area contributed by atoms with Crippen molar-refractivity contribution in [3.05, 3.63) is 24.3 Å². The van der Waals surface area contributed by atoms with E-state index in [1.165, 1.54) is 89.9 Å². The average Bonchev–Trinajstić information content (AvgIpc) is 2.90. The maximum Gasteiger partial charge on any atom is 0.249 e. The predicted molar refractivity (Wildman–Crippen MR) is 158 cm³/mol. The Bertz CT molecular complexity index is 549. The molecular weight excluding hydrogens is 462 g/mol. The summed E-state index contributed by atoms with van der Waals surface area (Å²) in [6.07, 6.45) is 30.5. The standard InChI is InChI=1S/C32H61NO4/c1-3-5-7-9-11-13-14-15-16-17-19-21-23-25-27-31(36)32(37)33-29(28-34)30(35)26-24-22-20-18-12-10-8-6-4-2/h12,18,24,26,29-31,34-36H,3-11,13-17,19-23,25,27-28H2,1-2H3,(H,33,37)/b18-12+,26-24+. The summed E-state index contributed by atoms with van der Waals surface area (Å²) in [5.41, 5.74) is 0. The van der Waals surface area contributed by atoms with E-state index in [9.17, 15) is 20.1 Å². The Morgan fingerprint density at radius 1 is 0.649 bits per heavy atom. The second kappa shape index (κ2) is 27.9. The molecule has 5 nitrogen and oxygen atoms in total. The van der Waals surface area contributed by atoms with E-state index in [-0.39, 0.29) is 6.61 Å². The van der Waals surface area contributed by atoms with Crippen LogP contribution in [0.25, 0.3) is 0 Å². The van der Waals surface area contributed by atoms with Crippen LogP contribution >= 0.6 is 0 Å². The van der Waals surface area contributed by atoms with E-state index in [4.69, 9.17) is 0 Å². The average molecular weight is 524 g/mol. The summed E-state index contributed by atoms with van der Waals surface area (Å²) >= 11 is 0. The number of rotatable bonds is 27. The zero-order valence-corrected chi connectivity index (χ0v) is 24.3. The normalized spacial score (nSPS) is 14.4. The van der Waals surface area contributed by atoms with Crippen molar-refractivity contribution in [2.75, 3.05) is 6.61 Å². The summed E-state index contributed by atoms with van der Waals surface area (Å²) in [6.45, 7) is 4.08. The van der Waals surface area contributed by atoms with Gasteiger partial charge in [-0.3, -0.25) is 4.79 Å². The fourth-order valence-electron chi connectivity index (χ4n) is 4.49. The smallest absolute Gasteiger partial charge is 0.249 e. The Morgan fingerprint density at radius 3 is 1.65 bits per heavy atom. The Labute approximate surface area is 229 Å². The van der Waals surface area contributed by atoms with E-state index in [0.29, 0.717) is 6.42 Å². The van der Waals surface area contributed by atoms with Gasteiger partial charge in [0.1, 0.15) is 6.10 Å². The molecule has 3 atom stereocenters. The van der Waals surface area contributed by atoms with Crippen molar-refractivity contribution in [1.82, 2.24) is 5.32 Å². The first kappa shape index (κ1) is 35.8. The molecule has 0 rings (SSSR count). The lowest BCUT2D eigenvalue weighted by atomic mass is 10.0. The van der Waals surface area contributed by atoms with Gasteiger partial charge in [-0.1, -0.05) is 141 Å². The topological polar surface area (TPSA) is 89.8 Å². The highest BCUT2D eigenvalue weighted by atomic mass is 16.3. The minimum absolute atomic E-state index is 0.375. The van der Waals surface area contributed by atoms with Gasteiger partial charge in [-0.05, 0) is 32.1 Å². The van der Waals surface area contributed by atoms with Gasteiger partial charge in [0, 0.05) is 0 Å². The third-order valence-corrected chi connectivity index (χ3v) is 7.04. The first-order valence-electron chi connectivity index (χ1n) is 15.7. The summed E-state index contributed by atoms with van der Waals surface area (Å²) in [6, 6.07) is -0.806. The lowest BCUT2D eigenvalue weighted by Crippen LogP contribution is -2.48. The lowest BCUT2D eigenvalue weighted by Gasteiger charge is -2.21. The van der Waals surface area contributed by atoms with Crippen LogP contribution in [0.3, 0.4) is 0 Å². The number of carbonyl (C=O) groups excluding carboxylic acids is 1. The molecule has 0 saturated heterocycles. The second-order valence-electron chi connectivity index (χ2n) is 10.7. The van der Waals surface area contributed by atoms with E-state index in [1.54, 1.807) is 6.08 Å². The van der Waals surface area contributed by atoms with Gasteiger partial charge in [0.2, 0.25) is 5.91 Å². The summed E-state index contributed by atoms with van der Waals surface area (Å²) in [4.78, 5) is 12.3. The Hall–Kier alpha value is -1.17. The Kier molecular flexibility index (Phi) is 27.0. The molecule has 0 aliphatic carbocycles. The van der Waals surface area contributed by atoms with Gasteiger partial charge in [-0.2, -0.15) is 0 Å². The van der Waals surface area contributed by atoms with Crippen LogP contribution in [-0.4, -0.2) is 46.1 Å². The number of hydrogen-bond acceptors (Lipinski definition) is 4. The summed E-state index contributed by atoms with van der Waals surface area (Å²) in [7, 11) is 0. The third-order valence-electron chi connectivity index (χ3n) is 7.04. The van der Waals surface area contributed by atoms with Crippen LogP contribution in [0.5, 0.6) is 0 Å². The summed E-state index contributed by atoms with van der Waals surface area (Å²) in [5, 5.41) is 32.6. The molecule has 0 heterocycles. The minimum atomic E-state index is -1.10. The molecule has 0 fully saturated rings. The predicted octanol–water partition coefficient (Wildman–Crippen LogP) is 7.53. The SMILES string of the molecule is CCCCC/C=C/CC/C=C/C(O)C(CO)NC(=O)C(O)CCCCCCCCCCCCCCCC. The molecule has 0 saturated carbocycles. The molecule has 0 aromatic rings. The van der Waals surface area contributed by atoms with Crippen LogP contribution in [0.2, 0.25) is 0 Å². The van der Waals surface area contributed by atoms with E-state index in [0.717, 1.165) is 38.5 Å². The van der Waals surface area contributed by atoms with Gasteiger partial charge in [0.05, 0.1) is 18.8 Å². The molecule has 3 unspecified atom stereocenters. The number of allylic oxidation sites excluding steroid dienone is 3. The largest absolute Gasteiger partial charge is 0.394 e. The highest BCUT2D eigenvalue weighted by Crippen LogP contribution is 2.14. The zero-order valence-electron chi connectivity index (χ0n) is 24.3. The molecule has 0 radical (unpaired) electrons. The molecule has 1 amide bonds. The van der Waals surface area contributed by atoms with Gasteiger partial charge >= 0.3 is 0 Å². The van der Waals surface area contributed by atoms with Crippen molar-refractivity contribution in [2.24, 2.45) is 0 Å². The maximum atomic E-state index is 12.3. The zero-order chi connectivity index (χ0) is 27.4. The van der Waals surface area contributed by atoms with E-state index in [2.05, 4.69) is 31.3 Å². The molecular formula is C32H61NO4. The van der Waals surface area contributed by atoms with Gasteiger partial charge < -0.3 is 20.6 Å². The van der Waals surface area contributed by atoms with Crippen molar-refractivity contribution >= 4 is 5.91 Å². The van der Waals surface area contributed by atoms with Crippen molar-refractivity contribution in [2.45, 2.75) is 167 Å². The first-order valence-corrected chi connectivity index (χ1v) is 15.7. The van der Waals surface area contributed by atoms with E-state index in [1.807, 2.05) is 6.08 Å². The highest BCUT2D eigenvalue weighted by Gasteiger charge is 2.22. The van der Waals surface area contributed by atoms with Crippen LogP contribution in [-0.2, 0) is 4.79 Å². The van der Waals surface area contributed by atoms with E-state index < -0.39 is 24.2 Å². The van der Waals surface area contributed by atoms with Crippen LogP contribution in [0.4, 0.5) is 0 Å². The van der Waals surface area contributed by atoms with Crippen molar-refractivity contribution in [1.29, 1.82) is 0 Å². The van der Waals surface area contributed by atoms with Crippen LogP contribution in [0.15, 0.2) is 24.3 Å². The molecule has 218 valence electrons. The van der Waals surface area contributed by atoms with Crippen LogP contribution in [0.1, 0.15) is 149 Å². The molecule has 4 N–H and O–H groups in total. The monoisotopic (exact) mass is 523 g/mol. The highest BCUT2D eigenvalue weighted by molar-refractivity contribution is 5.80. The second-order valence-corrected chi connectivity index (χ2v) is 10.7. The molecule has 0 aromatic heterocycles. The number of nitrogens with one attached hydrogen (secondary N) is 1. The molecule has 0 aliphatic heterocycles. The number of hydrogen-bond donors (Lipinski definition) is 4. The Balaban J connectivity index is 3.81. The molecule has 0 aromatic carbocycles. The molecule has 0 spiro atoms. The van der Waals surface area contributed by atoms with Crippen molar-refractivity contribution < 1.29 is 20.1 Å². The molecule has 37 heavy (non-hydrogen) atoms. The Morgan fingerprint density at radius 2 is 1.11 bits per heavy atom. The molecule has 5 heteroatoms. The van der Waals surface area contributed by atoms with Gasteiger partial charge in [-0.25, -0.2) is 0 Å². The quantitative estimate of drug-likeness (QED) is 0.0661. The summed E-state index contributed by atoms with van der Waals surface area (Å²) < 4.78 is 0. The van der Waals surface area contributed by atoms with Gasteiger partial charge in [0.25, 0.3) is 0 Å². The van der Waals surface area contributed by atoms with Gasteiger partial charge in [0.15, 0.2) is 0 Å². The van der Waals surface area contributed by atoms with E-state index >= 15 is 0 Å². The first-order chi connectivity index (χ1) is 18.1. The van der Waals surface area contributed by atoms with Gasteiger partial charge in [-0.15, -0.1) is 0 Å². The number of amides is 1. The summed E-state index contributed by atoms with van der Waals surface area (Å²) in [5.74, 6) is -0.517. The number of aliphatic hydroxyl groups excluding tert-OH is 3. The van der Waals surface area contributed by atoms with Crippen molar-refractivity contribution in [3.63, 3.8) is 0 Å². The van der Waals surface area contributed by atoms with Crippen molar-refractivity contribution in [3.8, 4) is 0 Å². The fourth-order valence-corrected chi connectivity index (χ4v) is 4.49. The van der Waals surface area contributed by atoms with Crippen LogP contribution in [0, 0.1) is 0 Å². The number of aliphatic hydroxyl groups is 3. The third kappa shape index (κ3) is 23.7. The lowest BCUT2D eigenvalue weighted by molar-refractivity contribution is -0.131. The van der Waals surface area contributed by atoms with Crippen LogP contribution < -0.4 is 5.32 Å². The number of carbonyl (C=O) groups is 1. The number of unbranched alkanes of at least 4 members (excludes halogenated alkanes) is 17. The fraction of sp³-hybridized carbons (Fsp3) is 0.844. The maximum absolute atomic E-state index is 12.3.